The van der Waals surface area contributed by atoms with Crippen LogP contribution in [-0.2, 0) is 6.54 Å². The van der Waals surface area contributed by atoms with Gasteiger partial charge >= 0.3 is 6.03 Å². The molecule has 6 heteroatoms. The normalized spacial score (nSPS) is 10.8. The van der Waals surface area contributed by atoms with Crippen molar-refractivity contribution in [1.29, 1.82) is 5.26 Å². The second-order valence-electron chi connectivity index (χ2n) is 5.25. The van der Waals surface area contributed by atoms with E-state index in [9.17, 15) is 14.3 Å². The first kappa shape index (κ1) is 15.9. The van der Waals surface area contributed by atoms with Crippen LogP contribution in [-0.4, -0.2) is 35.2 Å². The number of hydrogen-bond donors (Lipinski definition) is 2. The molecule has 108 valence electrons. The number of nitrogens with zero attached hydrogens (tertiary/aromatic N) is 2. The Bertz CT molecular complexity index is 532. The fourth-order valence-corrected chi connectivity index (χ4v) is 1.72. The van der Waals surface area contributed by atoms with E-state index in [1.807, 2.05) is 6.07 Å². The van der Waals surface area contributed by atoms with Crippen molar-refractivity contribution in [2.24, 2.45) is 0 Å². The van der Waals surface area contributed by atoms with Gasteiger partial charge in [0, 0.05) is 19.2 Å². The van der Waals surface area contributed by atoms with Gasteiger partial charge in [0.05, 0.1) is 23.8 Å². The largest absolute Gasteiger partial charge is 0.389 e. The lowest BCUT2D eigenvalue weighted by Crippen LogP contribution is -2.44. The average Bonchev–Trinajstić information content (AvgIpc) is 2.34. The minimum Gasteiger partial charge on any atom is -0.389 e. The van der Waals surface area contributed by atoms with Crippen LogP contribution >= 0.6 is 0 Å². The first-order chi connectivity index (χ1) is 9.23. The van der Waals surface area contributed by atoms with Crippen LogP contribution in [0, 0.1) is 17.1 Å². The smallest absolute Gasteiger partial charge is 0.317 e. The van der Waals surface area contributed by atoms with Gasteiger partial charge in [0.1, 0.15) is 5.82 Å². The molecule has 2 N–H and O–H groups in total. The Morgan fingerprint density at radius 3 is 2.70 bits per heavy atom. The molecule has 20 heavy (non-hydrogen) atoms. The molecule has 2 amide bonds. The summed E-state index contributed by atoms with van der Waals surface area (Å²) in [6.07, 6.45) is 0. The zero-order valence-corrected chi connectivity index (χ0v) is 11.8. The van der Waals surface area contributed by atoms with E-state index in [1.165, 1.54) is 17.0 Å². The van der Waals surface area contributed by atoms with Gasteiger partial charge in [-0.25, -0.2) is 9.18 Å². The Morgan fingerprint density at radius 2 is 2.20 bits per heavy atom. The van der Waals surface area contributed by atoms with Gasteiger partial charge in [-0.1, -0.05) is 6.07 Å². The van der Waals surface area contributed by atoms with Gasteiger partial charge in [-0.15, -0.1) is 0 Å². The van der Waals surface area contributed by atoms with Crippen molar-refractivity contribution in [1.82, 2.24) is 10.2 Å². The van der Waals surface area contributed by atoms with Crippen LogP contribution in [0.2, 0.25) is 0 Å². The molecule has 0 fully saturated rings. The summed E-state index contributed by atoms with van der Waals surface area (Å²) in [5, 5.41) is 20.8. The molecule has 0 bridgehead atoms. The lowest BCUT2D eigenvalue weighted by molar-refractivity contribution is 0.0531. The lowest BCUT2D eigenvalue weighted by atomic mass is 10.1. The molecule has 0 aromatic heterocycles. The molecular formula is C14H18FN3O2. The van der Waals surface area contributed by atoms with Gasteiger partial charge in [0.2, 0.25) is 0 Å². The molecule has 0 aliphatic rings. The molecule has 0 radical (unpaired) electrons. The predicted octanol–water partition coefficient (Wildman–Crippen LogP) is 1.61. The number of amides is 2. The number of nitrogens with one attached hydrogen (secondary N) is 1. The van der Waals surface area contributed by atoms with Gasteiger partial charge in [-0.2, -0.15) is 5.26 Å². The van der Waals surface area contributed by atoms with Crippen LogP contribution in [0.25, 0.3) is 0 Å². The Morgan fingerprint density at radius 1 is 1.55 bits per heavy atom. The van der Waals surface area contributed by atoms with Gasteiger partial charge in [-0.05, 0) is 26.0 Å². The van der Waals surface area contributed by atoms with Crippen LogP contribution in [0.4, 0.5) is 9.18 Å². The summed E-state index contributed by atoms with van der Waals surface area (Å²) in [5.74, 6) is -0.533. The van der Waals surface area contributed by atoms with Gasteiger partial charge in [-0.3, -0.25) is 0 Å². The minimum atomic E-state index is -0.994. The van der Waals surface area contributed by atoms with E-state index in [0.29, 0.717) is 5.56 Å². The second kappa shape index (κ2) is 6.35. The molecule has 0 aliphatic carbocycles. The van der Waals surface area contributed by atoms with Crippen LogP contribution in [0.1, 0.15) is 25.0 Å². The molecule has 0 unspecified atom stereocenters. The number of carbonyl (C=O) groups excluding carboxylic acids is 1. The summed E-state index contributed by atoms with van der Waals surface area (Å²) in [6, 6.07) is 5.51. The van der Waals surface area contributed by atoms with Gasteiger partial charge in [0.15, 0.2) is 0 Å². The van der Waals surface area contributed by atoms with Crippen molar-refractivity contribution in [3.8, 4) is 6.07 Å². The van der Waals surface area contributed by atoms with Crippen molar-refractivity contribution in [3.63, 3.8) is 0 Å². The van der Waals surface area contributed by atoms with E-state index in [2.05, 4.69) is 5.32 Å². The average molecular weight is 279 g/mol. The predicted molar refractivity (Wildman–Crippen MR) is 72.3 cm³/mol. The van der Waals surface area contributed by atoms with Crippen molar-refractivity contribution in [3.05, 3.63) is 35.1 Å². The van der Waals surface area contributed by atoms with Crippen LogP contribution in [0.3, 0.4) is 0 Å². The second-order valence-corrected chi connectivity index (χ2v) is 5.25. The number of carbonyl (C=O) groups is 1. The third-order valence-corrected chi connectivity index (χ3v) is 2.58. The zero-order chi connectivity index (χ0) is 15.3. The van der Waals surface area contributed by atoms with E-state index in [4.69, 9.17) is 5.26 Å². The van der Waals surface area contributed by atoms with Gasteiger partial charge < -0.3 is 15.3 Å². The summed E-state index contributed by atoms with van der Waals surface area (Å²) < 4.78 is 13.6. The zero-order valence-electron chi connectivity index (χ0n) is 11.8. The van der Waals surface area contributed by atoms with Crippen LogP contribution in [0.15, 0.2) is 18.2 Å². The van der Waals surface area contributed by atoms with Crippen molar-refractivity contribution < 1.29 is 14.3 Å². The van der Waals surface area contributed by atoms with Crippen LogP contribution in [0.5, 0.6) is 0 Å². The van der Waals surface area contributed by atoms with Crippen LogP contribution < -0.4 is 5.32 Å². The summed E-state index contributed by atoms with van der Waals surface area (Å²) >= 11 is 0. The third kappa shape index (κ3) is 4.86. The van der Waals surface area contributed by atoms with E-state index < -0.39 is 17.4 Å². The molecule has 0 heterocycles. The monoisotopic (exact) mass is 279 g/mol. The SMILES string of the molecule is CN(CC(C)(C)O)C(=O)NCc1ccc(C#N)cc1F. The number of aliphatic hydroxyl groups is 1. The molecular weight excluding hydrogens is 261 g/mol. The number of rotatable bonds is 4. The number of likely N-dealkylation sites (N-methyl/N-ethyl adjacent to an activating group) is 1. The van der Waals surface area contributed by atoms with Crippen molar-refractivity contribution in [2.45, 2.75) is 26.0 Å². The highest BCUT2D eigenvalue weighted by molar-refractivity contribution is 5.73. The number of urea groups is 1. The van der Waals surface area contributed by atoms with Crippen molar-refractivity contribution in [2.75, 3.05) is 13.6 Å². The highest BCUT2D eigenvalue weighted by Crippen LogP contribution is 2.10. The summed E-state index contributed by atoms with van der Waals surface area (Å²) in [6.45, 7) is 3.37. The van der Waals surface area contributed by atoms with E-state index in [-0.39, 0.29) is 18.7 Å². The van der Waals surface area contributed by atoms with Gasteiger partial charge in [0.25, 0.3) is 0 Å². The molecule has 1 aromatic rings. The first-order valence-electron chi connectivity index (χ1n) is 6.13. The maximum Gasteiger partial charge on any atom is 0.317 e. The molecule has 0 saturated heterocycles. The Balaban J connectivity index is 2.59. The first-order valence-corrected chi connectivity index (χ1v) is 6.13. The summed E-state index contributed by atoms with van der Waals surface area (Å²) in [5.41, 5.74) is -0.461. The third-order valence-electron chi connectivity index (χ3n) is 2.58. The van der Waals surface area contributed by atoms with E-state index in [1.54, 1.807) is 20.9 Å². The number of benzene rings is 1. The standard InChI is InChI=1S/C14H18FN3O2/c1-14(2,20)9-18(3)13(19)17-8-11-5-4-10(7-16)6-12(11)15/h4-6,20H,8-9H2,1-3H3,(H,17,19). The Kier molecular flexibility index (Phi) is 5.06. The fraction of sp³-hybridized carbons (Fsp3) is 0.429. The minimum absolute atomic E-state index is 0.0204. The molecule has 0 atom stereocenters. The topological polar surface area (TPSA) is 76.4 Å². The Hall–Kier alpha value is -2.13. The molecule has 1 rings (SSSR count). The quantitative estimate of drug-likeness (QED) is 0.879. The summed E-state index contributed by atoms with van der Waals surface area (Å²) in [7, 11) is 1.54. The number of nitriles is 1. The lowest BCUT2D eigenvalue weighted by Gasteiger charge is -2.25. The maximum atomic E-state index is 13.6. The number of hydrogen-bond acceptors (Lipinski definition) is 3. The molecule has 5 nitrogen and oxygen atoms in total. The maximum absolute atomic E-state index is 13.6. The molecule has 0 spiro atoms. The summed E-state index contributed by atoms with van der Waals surface area (Å²) in [4.78, 5) is 13.1. The molecule has 1 aromatic carbocycles. The van der Waals surface area contributed by atoms with E-state index >= 15 is 0 Å². The highest BCUT2D eigenvalue weighted by atomic mass is 19.1. The number of halogens is 1. The molecule has 0 aliphatic heterocycles. The van der Waals surface area contributed by atoms with Crippen molar-refractivity contribution >= 4 is 6.03 Å². The highest BCUT2D eigenvalue weighted by Gasteiger charge is 2.19. The van der Waals surface area contributed by atoms with E-state index in [0.717, 1.165) is 6.07 Å². The molecule has 0 saturated carbocycles. The fourth-order valence-electron chi connectivity index (χ4n) is 1.72. The Labute approximate surface area is 117 Å².